The number of nitrogens with zero attached hydrogens (tertiary/aromatic N) is 3. The quantitative estimate of drug-likeness (QED) is 0.204. The maximum atomic E-state index is 4.99. The van der Waals surface area contributed by atoms with Crippen LogP contribution in [-0.4, -0.2) is 14.8 Å². The Kier molecular flexibility index (Phi) is 7.04. The lowest BCUT2D eigenvalue weighted by molar-refractivity contribution is 0.890. The number of hydrogen-bond donors (Lipinski definition) is 0. The van der Waals surface area contributed by atoms with Gasteiger partial charge < -0.3 is 0 Å². The smallest absolute Gasteiger partial charge is 0.182 e. The molecular weight excluding hydrogens is 474 g/mol. The first-order valence-corrected chi connectivity index (χ1v) is 13.0. The van der Waals surface area contributed by atoms with Crippen LogP contribution >= 0.6 is 0 Å². The highest BCUT2D eigenvalue weighted by molar-refractivity contribution is 5.73. The SMILES string of the molecule is C(=C/c1ccc(-c2nc(-c3ccc(/C=C\c4ccccc4)cc3)n(-c3ccccc3)n2)cc1)/c1ccccc1. The maximum absolute atomic E-state index is 4.99. The van der Waals surface area contributed by atoms with Gasteiger partial charge >= 0.3 is 0 Å². The fourth-order valence-electron chi connectivity index (χ4n) is 4.37. The Balaban J connectivity index is 1.29. The number of para-hydroxylation sites is 1. The minimum absolute atomic E-state index is 0.695. The molecule has 3 heteroatoms. The molecule has 0 atom stereocenters. The minimum Gasteiger partial charge on any atom is -0.213 e. The fourth-order valence-corrected chi connectivity index (χ4v) is 4.37. The molecule has 0 saturated carbocycles. The van der Waals surface area contributed by atoms with Crippen molar-refractivity contribution in [2.24, 2.45) is 0 Å². The highest BCUT2D eigenvalue weighted by atomic mass is 15.4. The van der Waals surface area contributed by atoms with Crippen LogP contribution in [0.25, 0.3) is 52.8 Å². The molecule has 0 saturated heterocycles. The van der Waals surface area contributed by atoms with E-state index in [1.807, 2.05) is 59.3 Å². The monoisotopic (exact) mass is 501 g/mol. The normalized spacial score (nSPS) is 11.4. The zero-order valence-electron chi connectivity index (χ0n) is 21.4. The second-order valence-corrected chi connectivity index (χ2v) is 9.24. The van der Waals surface area contributed by atoms with Crippen LogP contribution in [0.4, 0.5) is 0 Å². The van der Waals surface area contributed by atoms with Crippen LogP contribution in [-0.2, 0) is 0 Å². The van der Waals surface area contributed by atoms with E-state index in [4.69, 9.17) is 10.1 Å². The van der Waals surface area contributed by atoms with Gasteiger partial charge in [0.05, 0.1) is 5.69 Å². The van der Waals surface area contributed by atoms with Gasteiger partial charge in [0.1, 0.15) is 0 Å². The van der Waals surface area contributed by atoms with E-state index in [0.29, 0.717) is 5.82 Å². The molecule has 0 N–H and O–H groups in total. The van der Waals surface area contributed by atoms with Crippen LogP contribution in [0, 0.1) is 0 Å². The summed E-state index contributed by atoms with van der Waals surface area (Å²) in [5.74, 6) is 1.50. The van der Waals surface area contributed by atoms with Gasteiger partial charge in [-0.15, -0.1) is 5.10 Å². The molecule has 6 aromatic rings. The molecule has 1 heterocycles. The Bertz CT molecular complexity index is 1700. The molecule has 0 spiro atoms. The first-order chi connectivity index (χ1) is 19.3. The van der Waals surface area contributed by atoms with E-state index in [2.05, 4.69) is 109 Å². The second-order valence-electron chi connectivity index (χ2n) is 9.24. The molecule has 0 amide bonds. The third kappa shape index (κ3) is 5.84. The van der Waals surface area contributed by atoms with Crippen molar-refractivity contribution >= 4 is 24.3 Å². The Hall–Kier alpha value is -5.28. The van der Waals surface area contributed by atoms with Crippen LogP contribution < -0.4 is 0 Å². The highest BCUT2D eigenvalue weighted by Crippen LogP contribution is 2.26. The van der Waals surface area contributed by atoms with E-state index in [0.717, 1.165) is 33.8 Å². The fraction of sp³-hybridized carbons (Fsp3) is 0. The number of aromatic nitrogens is 3. The highest BCUT2D eigenvalue weighted by Gasteiger charge is 2.15. The summed E-state index contributed by atoms with van der Waals surface area (Å²) in [6.07, 6.45) is 8.49. The molecule has 0 aliphatic heterocycles. The van der Waals surface area contributed by atoms with E-state index >= 15 is 0 Å². The van der Waals surface area contributed by atoms with Crippen molar-refractivity contribution in [1.29, 1.82) is 0 Å². The molecule has 0 radical (unpaired) electrons. The third-order valence-corrected chi connectivity index (χ3v) is 6.48. The van der Waals surface area contributed by atoms with Crippen molar-refractivity contribution in [3.05, 3.63) is 162 Å². The summed E-state index contributed by atoms with van der Waals surface area (Å²) in [5.41, 5.74) is 7.58. The van der Waals surface area contributed by atoms with Crippen molar-refractivity contribution < 1.29 is 0 Å². The average Bonchev–Trinajstić information content (AvgIpc) is 3.47. The first-order valence-electron chi connectivity index (χ1n) is 13.0. The van der Waals surface area contributed by atoms with Gasteiger partial charge in [-0.1, -0.05) is 152 Å². The Labute approximate surface area is 229 Å². The van der Waals surface area contributed by atoms with Gasteiger partial charge in [-0.05, 0) is 34.4 Å². The predicted molar refractivity (Wildman–Crippen MR) is 163 cm³/mol. The van der Waals surface area contributed by atoms with E-state index in [9.17, 15) is 0 Å². The molecule has 5 aromatic carbocycles. The van der Waals surface area contributed by atoms with Gasteiger partial charge in [-0.25, -0.2) is 9.67 Å². The van der Waals surface area contributed by atoms with Crippen LogP contribution in [0.1, 0.15) is 22.3 Å². The molecule has 0 unspecified atom stereocenters. The molecule has 0 aliphatic rings. The minimum atomic E-state index is 0.695. The Morgan fingerprint density at radius 1 is 0.410 bits per heavy atom. The zero-order chi connectivity index (χ0) is 26.3. The summed E-state index contributed by atoms with van der Waals surface area (Å²) >= 11 is 0. The lowest BCUT2D eigenvalue weighted by Crippen LogP contribution is -1.99. The van der Waals surface area contributed by atoms with E-state index in [1.165, 1.54) is 11.1 Å². The Morgan fingerprint density at radius 2 is 0.821 bits per heavy atom. The lowest BCUT2D eigenvalue weighted by atomic mass is 10.1. The molecular formula is C36H27N3. The molecule has 186 valence electrons. The van der Waals surface area contributed by atoms with Gasteiger partial charge in [0.15, 0.2) is 11.6 Å². The van der Waals surface area contributed by atoms with Crippen LogP contribution in [0.2, 0.25) is 0 Å². The van der Waals surface area contributed by atoms with Crippen molar-refractivity contribution in [1.82, 2.24) is 14.8 Å². The van der Waals surface area contributed by atoms with Crippen LogP contribution in [0.5, 0.6) is 0 Å². The number of benzene rings is 5. The largest absolute Gasteiger partial charge is 0.213 e. The van der Waals surface area contributed by atoms with Gasteiger partial charge in [0.2, 0.25) is 0 Å². The number of hydrogen-bond acceptors (Lipinski definition) is 2. The van der Waals surface area contributed by atoms with Gasteiger partial charge in [0, 0.05) is 11.1 Å². The lowest BCUT2D eigenvalue weighted by Gasteiger charge is -2.06. The molecule has 6 rings (SSSR count). The van der Waals surface area contributed by atoms with Gasteiger partial charge in [-0.2, -0.15) is 0 Å². The van der Waals surface area contributed by atoms with E-state index in [1.54, 1.807) is 0 Å². The second kappa shape index (κ2) is 11.4. The summed E-state index contributed by atoms with van der Waals surface area (Å²) in [5, 5.41) is 4.92. The summed E-state index contributed by atoms with van der Waals surface area (Å²) in [7, 11) is 0. The molecule has 3 nitrogen and oxygen atoms in total. The molecule has 39 heavy (non-hydrogen) atoms. The van der Waals surface area contributed by atoms with Crippen molar-refractivity contribution in [2.75, 3.05) is 0 Å². The molecule has 1 aromatic heterocycles. The van der Waals surface area contributed by atoms with E-state index in [-0.39, 0.29) is 0 Å². The third-order valence-electron chi connectivity index (χ3n) is 6.48. The molecule has 0 aliphatic carbocycles. The molecule has 0 bridgehead atoms. The van der Waals surface area contributed by atoms with Crippen LogP contribution in [0.3, 0.4) is 0 Å². The topological polar surface area (TPSA) is 30.7 Å². The summed E-state index contributed by atoms with van der Waals surface area (Å²) < 4.78 is 1.92. The van der Waals surface area contributed by atoms with E-state index < -0.39 is 0 Å². The standard InChI is InChI=1S/C36H27N3/c1-4-10-28(11-5-1)16-18-30-20-24-32(25-21-30)35-37-36(39(38-35)34-14-8-3-9-15-34)33-26-22-31(23-27-33)19-17-29-12-6-2-7-13-29/h1-27H/b18-16-,19-17-. The zero-order valence-corrected chi connectivity index (χ0v) is 21.4. The summed E-state index contributed by atoms with van der Waals surface area (Å²) in [6, 6.07) is 47.6. The number of rotatable bonds is 7. The maximum Gasteiger partial charge on any atom is 0.182 e. The van der Waals surface area contributed by atoms with Gasteiger partial charge in [-0.3, -0.25) is 0 Å². The Morgan fingerprint density at radius 3 is 1.31 bits per heavy atom. The summed E-state index contributed by atoms with van der Waals surface area (Å²) in [4.78, 5) is 4.99. The van der Waals surface area contributed by atoms with Crippen molar-refractivity contribution in [2.45, 2.75) is 0 Å². The van der Waals surface area contributed by atoms with Gasteiger partial charge in [0.25, 0.3) is 0 Å². The molecule has 0 fully saturated rings. The van der Waals surface area contributed by atoms with Crippen molar-refractivity contribution in [3.63, 3.8) is 0 Å². The predicted octanol–water partition coefficient (Wildman–Crippen LogP) is 8.94. The first kappa shape index (κ1) is 24.1. The van der Waals surface area contributed by atoms with Crippen LogP contribution in [0.15, 0.2) is 140 Å². The summed E-state index contributed by atoms with van der Waals surface area (Å²) in [6.45, 7) is 0. The average molecular weight is 502 g/mol. The van der Waals surface area contributed by atoms with Crippen molar-refractivity contribution in [3.8, 4) is 28.5 Å².